The lowest BCUT2D eigenvalue weighted by atomic mass is 9.89. The van der Waals surface area contributed by atoms with Crippen LogP contribution in [0.5, 0.6) is 0 Å². The maximum Gasteiger partial charge on any atom is 0.133 e. The van der Waals surface area contributed by atoms with Gasteiger partial charge in [-0.2, -0.15) is 0 Å². The second kappa shape index (κ2) is 3.00. The molecule has 0 fully saturated rings. The number of nitrogens with zero attached hydrogens (tertiary/aromatic N) is 1. The zero-order chi connectivity index (χ0) is 9.19. The molecular formula is C9H11NO2. The van der Waals surface area contributed by atoms with E-state index in [4.69, 9.17) is 16.1 Å². The fraction of sp³-hybridized carbons (Fsp3) is 0.444. The molecule has 0 aliphatic carbocycles. The van der Waals surface area contributed by atoms with Gasteiger partial charge in [-0.25, -0.2) is 0 Å². The third kappa shape index (κ3) is 1.34. The van der Waals surface area contributed by atoms with Crippen molar-refractivity contribution >= 4 is 0 Å². The summed E-state index contributed by atoms with van der Waals surface area (Å²) in [7, 11) is 0. The highest BCUT2D eigenvalue weighted by Crippen LogP contribution is 2.21. The van der Waals surface area contributed by atoms with Crippen LogP contribution in [0.2, 0.25) is 0 Å². The highest BCUT2D eigenvalue weighted by atomic mass is 16.5. The van der Waals surface area contributed by atoms with Crippen molar-refractivity contribution in [3.63, 3.8) is 0 Å². The summed E-state index contributed by atoms with van der Waals surface area (Å²) in [6.07, 6.45) is 5.27. The number of aromatic nitrogens is 1. The van der Waals surface area contributed by atoms with Gasteiger partial charge in [-0.3, -0.25) is 0 Å². The number of aryl methyl sites for hydroxylation is 1. The van der Waals surface area contributed by atoms with E-state index in [1.807, 2.05) is 0 Å². The second-order valence-corrected chi connectivity index (χ2v) is 2.96. The molecule has 1 unspecified atom stereocenters. The quantitative estimate of drug-likeness (QED) is 0.661. The standard InChI is InChI=1S/C9H11NO2/c1-4-9(3,6-11)8-5-7(2)12-10-8/h1,5,11H,6H2,2-3H3. The van der Waals surface area contributed by atoms with Crippen LogP contribution in [0.15, 0.2) is 10.6 Å². The smallest absolute Gasteiger partial charge is 0.133 e. The Labute approximate surface area is 71.4 Å². The first kappa shape index (κ1) is 8.82. The van der Waals surface area contributed by atoms with Gasteiger partial charge in [-0.15, -0.1) is 6.42 Å². The van der Waals surface area contributed by atoms with Crippen molar-refractivity contribution in [1.29, 1.82) is 0 Å². The molecule has 1 heterocycles. The molecule has 1 atom stereocenters. The normalized spacial score (nSPS) is 15.2. The minimum Gasteiger partial charge on any atom is -0.394 e. The molecule has 0 aliphatic rings. The molecule has 0 radical (unpaired) electrons. The Bertz CT molecular complexity index is 311. The number of hydrogen-bond donors (Lipinski definition) is 1. The summed E-state index contributed by atoms with van der Waals surface area (Å²) in [5.41, 5.74) is -0.123. The molecule has 0 spiro atoms. The third-order valence-corrected chi connectivity index (χ3v) is 1.83. The predicted molar refractivity (Wildman–Crippen MR) is 44.5 cm³/mol. The number of hydrogen-bond acceptors (Lipinski definition) is 3. The van der Waals surface area contributed by atoms with E-state index in [1.165, 1.54) is 0 Å². The molecule has 12 heavy (non-hydrogen) atoms. The van der Waals surface area contributed by atoms with E-state index in [9.17, 15) is 0 Å². The van der Waals surface area contributed by atoms with Crippen LogP contribution in [0.25, 0.3) is 0 Å². The Morgan fingerprint density at radius 2 is 2.50 bits per heavy atom. The maximum absolute atomic E-state index is 9.02. The molecule has 1 N–H and O–H groups in total. The summed E-state index contributed by atoms with van der Waals surface area (Å²) in [6, 6.07) is 1.73. The zero-order valence-corrected chi connectivity index (χ0v) is 7.16. The number of aliphatic hydroxyl groups excluding tert-OH is 1. The summed E-state index contributed by atoms with van der Waals surface area (Å²) >= 11 is 0. The molecule has 0 bridgehead atoms. The monoisotopic (exact) mass is 165 g/mol. The summed E-state index contributed by atoms with van der Waals surface area (Å²) in [5.74, 6) is 3.18. The maximum atomic E-state index is 9.02. The first-order chi connectivity index (χ1) is 5.62. The fourth-order valence-electron chi connectivity index (χ4n) is 0.827. The lowest BCUT2D eigenvalue weighted by molar-refractivity contribution is 0.233. The van der Waals surface area contributed by atoms with Gasteiger partial charge < -0.3 is 9.63 Å². The van der Waals surface area contributed by atoms with Gasteiger partial charge in [-0.1, -0.05) is 11.1 Å². The third-order valence-electron chi connectivity index (χ3n) is 1.83. The van der Waals surface area contributed by atoms with E-state index in [2.05, 4.69) is 11.1 Å². The zero-order valence-electron chi connectivity index (χ0n) is 7.16. The van der Waals surface area contributed by atoms with Gasteiger partial charge in [0.1, 0.15) is 11.5 Å². The van der Waals surface area contributed by atoms with E-state index in [0.29, 0.717) is 11.5 Å². The molecule has 64 valence electrons. The highest BCUT2D eigenvalue weighted by Gasteiger charge is 2.26. The van der Waals surface area contributed by atoms with Crippen molar-refractivity contribution in [3.8, 4) is 12.3 Å². The van der Waals surface area contributed by atoms with Crippen LogP contribution in [0.3, 0.4) is 0 Å². The van der Waals surface area contributed by atoms with Crippen molar-refractivity contribution in [2.45, 2.75) is 19.3 Å². The van der Waals surface area contributed by atoms with Crippen LogP contribution in [-0.2, 0) is 5.41 Å². The van der Waals surface area contributed by atoms with Crippen LogP contribution in [0.1, 0.15) is 18.4 Å². The van der Waals surface area contributed by atoms with Gasteiger partial charge in [-0.05, 0) is 13.8 Å². The van der Waals surface area contributed by atoms with Crippen molar-refractivity contribution < 1.29 is 9.63 Å². The molecule has 1 aromatic rings. The number of aliphatic hydroxyl groups is 1. The summed E-state index contributed by atoms with van der Waals surface area (Å²) < 4.78 is 4.86. The average Bonchev–Trinajstić information content (AvgIpc) is 2.51. The van der Waals surface area contributed by atoms with Crippen molar-refractivity contribution in [2.24, 2.45) is 0 Å². The largest absolute Gasteiger partial charge is 0.394 e. The summed E-state index contributed by atoms with van der Waals surface area (Å²) in [6.45, 7) is 3.39. The Hall–Kier alpha value is -1.27. The highest BCUT2D eigenvalue weighted by molar-refractivity contribution is 5.27. The Morgan fingerprint density at radius 1 is 1.83 bits per heavy atom. The van der Waals surface area contributed by atoms with E-state index >= 15 is 0 Å². The van der Waals surface area contributed by atoms with Crippen LogP contribution in [0.4, 0.5) is 0 Å². The molecule has 0 aromatic carbocycles. The molecule has 0 saturated carbocycles. The first-order valence-corrected chi connectivity index (χ1v) is 3.65. The van der Waals surface area contributed by atoms with Gasteiger partial charge in [0.25, 0.3) is 0 Å². The molecule has 3 nitrogen and oxygen atoms in total. The SMILES string of the molecule is C#CC(C)(CO)c1cc(C)on1. The fourth-order valence-corrected chi connectivity index (χ4v) is 0.827. The van der Waals surface area contributed by atoms with Crippen molar-refractivity contribution in [1.82, 2.24) is 5.16 Å². The Morgan fingerprint density at radius 3 is 2.83 bits per heavy atom. The molecule has 0 amide bonds. The average molecular weight is 165 g/mol. The van der Waals surface area contributed by atoms with Gasteiger partial charge in [0.15, 0.2) is 0 Å². The molecule has 0 aliphatic heterocycles. The van der Waals surface area contributed by atoms with Crippen LogP contribution in [-0.4, -0.2) is 16.9 Å². The van der Waals surface area contributed by atoms with Crippen molar-refractivity contribution in [3.05, 3.63) is 17.5 Å². The lowest BCUT2D eigenvalue weighted by Gasteiger charge is -2.15. The van der Waals surface area contributed by atoms with E-state index in [1.54, 1.807) is 19.9 Å². The molecular weight excluding hydrogens is 154 g/mol. The van der Waals surface area contributed by atoms with Crippen LogP contribution in [0, 0.1) is 19.3 Å². The Kier molecular flexibility index (Phi) is 2.20. The predicted octanol–water partition coefficient (Wildman–Crippen LogP) is 0.866. The lowest BCUT2D eigenvalue weighted by Crippen LogP contribution is -2.24. The summed E-state index contributed by atoms with van der Waals surface area (Å²) in [4.78, 5) is 0. The van der Waals surface area contributed by atoms with Crippen molar-refractivity contribution in [2.75, 3.05) is 6.61 Å². The van der Waals surface area contributed by atoms with Gasteiger partial charge in [0, 0.05) is 6.07 Å². The van der Waals surface area contributed by atoms with Crippen LogP contribution >= 0.6 is 0 Å². The second-order valence-electron chi connectivity index (χ2n) is 2.96. The minimum atomic E-state index is -0.724. The Balaban J connectivity index is 3.05. The van der Waals surface area contributed by atoms with E-state index < -0.39 is 5.41 Å². The molecule has 1 rings (SSSR count). The number of terminal acetylenes is 1. The van der Waals surface area contributed by atoms with Gasteiger partial charge in [0.05, 0.1) is 12.0 Å². The first-order valence-electron chi connectivity index (χ1n) is 3.65. The van der Waals surface area contributed by atoms with Gasteiger partial charge >= 0.3 is 0 Å². The molecule has 3 heteroatoms. The van der Waals surface area contributed by atoms with E-state index in [0.717, 1.165) is 0 Å². The van der Waals surface area contributed by atoms with Crippen LogP contribution < -0.4 is 0 Å². The molecule has 1 aromatic heterocycles. The molecule has 0 saturated heterocycles. The summed E-state index contributed by atoms with van der Waals surface area (Å²) in [5, 5.41) is 12.8. The number of rotatable bonds is 2. The topological polar surface area (TPSA) is 46.3 Å². The van der Waals surface area contributed by atoms with E-state index in [-0.39, 0.29) is 6.61 Å². The minimum absolute atomic E-state index is 0.129. The van der Waals surface area contributed by atoms with Gasteiger partial charge in [0.2, 0.25) is 0 Å².